The van der Waals surface area contributed by atoms with E-state index in [1.807, 2.05) is 0 Å². The average Bonchev–Trinajstić information content (AvgIpc) is 2.69. The summed E-state index contributed by atoms with van der Waals surface area (Å²) < 4.78 is 23.1. The molecule has 5 nitrogen and oxygen atoms in total. The van der Waals surface area contributed by atoms with Gasteiger partial charge in [0.25, 0.3) is 0 Å². The fraction of sp³-hybridized carbons (Fsp3) is 0.417. The Hall–Kier alpha value is -1.27. The van der Waals surface area contributed by atoms with E-state index in [9.17, 15) is 18.3 Å². The van der Waals surface area contributed by atoms with Crippen LogP contribution in [0.15, 0.2) is 24.3 Å². The van der Waals surface area contributed by atoms with E-state index >= 15 is 0 Å². The quantitative estimate of drug-likeness (QED) is 0.850. The van der Waals surface area contributed by atoms with Gasteiger partial charge in [-0.3, -0.25) is 4.79 Å². The largest absolute Gasteiger partial charge is 0.508 e. The van der Waals surface area contributed by atoms with Crippen LogP contribution in [0, 0.1) is 0 Å². The molecule has 1 aliphatic heterocycles. The predicted molar refractivity (Wildman–Crippen MR) is 73.4 cm³/mol. The molecule has 0 aliphatic carbocycles. The van der Waals surface area contributed by atoms with Gasteiger partial charge in [0.1, 0.15) is 11.6 Å². The number of carbonyl (C=O) groups excluding carboxylic acids is 1. The Morgan fingerprint density at radius 2 is 2.21 bits per heavy atom. The van der Waals surface area contributed by atoms with Gasteiger partial charge in [0, 0.05) is 11.8 Å². The summed E-state index contributed by atoms with van der Waals surface area (Å²) in [6, 6.07) is 5.74. The van der Waals surface area contributed by atoms with E-state index in [1.165, 1.54) is 17.0 Å². The summed E-state index contributed by atoms with van der Waals surface area (Å²) in [7, 11) is -3.10. The van der Waals surface area contributed by atoms with E-state index in [0.717, 1.165) is 0 Å². The first-order valence-electron chi connectivity index (χ1n) is 5.80. The first-order chi connectivity index (χ1) is 8.93. The number of alkyl halides is 1. The Balaban J connectivity index is 2.35. The van der Waals surface area contributed by atoms with Crippen molar-refractivity contribution in [1.29, 1.82) is 0 Å². The highest BCUT2D eigenvalue weighted by Crippen LogP contribution is 2.27. The third-order valence-electron chi connectivity index (χ3n) is 3.06. The molecule has 0 aromatic heterocycles. The number of sulfone groups is 1. The van der Waals surface area contributed by atoms with Crippen LogP contribution in [-0.2, 0) is 14.6 Å². The zero-order valence-electron chi connectivity index (χ0n) is 10.1. The number of hydrogen-bond donors (Lipinski definition) is 1. The monoisotopic (exact) mass is 303 g/mol. The molecule has 1 fully saturated rings. The molecule has 0 bridgehead atoms. The van der Waals surface area contributed by atoms with Crippen molar-refractivity contribution in [1.82, 2.24) is 0 Å². The lowest BCUT2D eigenvalue weighted by Gasteiger charge is -2.27. The van der Waals surface area contributed by atoms with Gasteiger partial charge in [-0.15, -0.1) is 11.6 Å². The molecule has 0 radical (unpaired) electrons. The maximum absolute atomic E-state index is 11.9. The number of benzene rings is 1. The summed E-state index contributed by atoms with van der Waals surface area (Å²) >= 11 is 5.58. The molecule has 2 rings (SSSR count). The van der Waals surface area contributed by atoms with Crippen molar-refractivity contribution in [3.8, 4) is 5.75 Å². The Kier molecular flexibility index (Phi) is 4.01. The first-order valence-corrected chi connectivity index (χ1v) is 8.16. The van der Waals surface area contributed by atoms with Crippen molar-refractivity contribution in [3.05, 3.63) is 24.3 Å². The van der Waals surface area contributed by atoms with Crippen LogP contribution in [0.4, 0.5) is 5.69 Å². The van der Waals surface area contributed by atoms with Crippen LogP contribution in [0.5, 0.6) is 5.75 Å². The van der Waals surface area contributed by atoms with Crippen molar-refractivity contribution in [2.75, 3.05) is 22.3 Å². The maximum Gasteiger partial charge on any atom is 0.242 e. The number of aromatic hydroxyl groups is 1. The van der Waals surface area contributed by atoms with E-state index in [1.54, 1.807) is 12.1 Å². The number of carbonyl (C=O) groups is 1. The van der Waals surface area contributed by atoms with Gasteiger partial charge in [-0.1, -0.05) is 6.07 Å². The van der Waals surface area contributed by atoms with E-state index in [2.05, 4.69) is 0 Å². The van der Waals surface area contributed by atoms with Crippen LogP contribution in [0.2, 0.25) is 0 Å². The van der Waals surface area contributed by atoms with E-state index < -0.39 is 15.9 Å². The van der Waals surface area contributed by atoms with Gasteiger partial charge in [-0.05, 0) is 18.6 Å². The van der Waals surface area contributed by atoms with Crippen molar-refractivity contribution in [2.45, 2.75) is 12.5 Å². The molecule has 1 saturated heterocycles. The van der Waals surface area contributed by atoms with Crippen molar-refractivity contribution in [3.63, 3.8) is 0 Å². The Morgan fingerprint density at radius 1 is 1.47 bits per heavy atom. The minimum atomic E-state index is -3.10. The molecule has 1 aliphatic rings. The van der Waals surface area contributed by atoms with Crippen LogP contribution in [0.1, 0.15) is 6.42 Å². The fourth-order valence-corrected chi connectivity index (χ4v) is 4.07. The number of halogens is 1. The van der Waals surface area contributed by atoms with Crippen LogP contribution in [0.25, 0.3) is 0 Å². The van der Waals surface area contributed by atoms with Gasteiger partial charge in [0.05, 0.1) is 17.5 Å². The molecule has 1 atom stereocenters. The van der Waals surface area contributed by atoms with Crippen LogP contribution >= 0.6 is 11.6 Å². The van der Waals surface area contributed by atoms with Gasteiger partial charge in [-0.25, -0.2) is 8.42 Å². The highest BCUT2D eigenvalue weighted by molar-refractivity contribution is 7.91. The molecule has 104 valence electrons. The Morgan fingerprint density at radius 3 is 2.74 bits per heavy atom. The van der Waals surface area contributed by atoms with Gasteiger partial charge >= 0.3 is 0 Å². The number of nitrogens with zero attached hydrogens (tertiary/aromatic N) is 1. The molecule has 7 heteroatoms. The second kappa shape index (κ2) is 5.38. The SMILES string of the molecule is O=C(CCl)N(c1cccc(O)c1)[C@H]1CCS(=O)(=O)C1. The zero-order valence-corrected chi connectivity index (χ0v) is 11.7. The summed E-state index contributed by atoms with van der Waals surface area (Å²) in [6.07, 6.45) is 0.390. The molecule has 1 aromatic rings. The average molecular weight is 304 g/mol. The molecule has 0 spiro atoms. The molecule has 0 saturated carbocycles. The zero-order chi connectivity index (χ0) is 14.0. The number of hydrogen-bond acceptors (Lipinski definition) is 4. The molecule has 1 N–H and O–H groups in total. The number of rotatable bonds is 3. The van der Waals surface area contributed by atoms with Crippen molar-refractivity contribution >= 4 is 33.0 Å². The minimum absolute atomic E-state index is 0.0192. The Labute approximate surface area is 116 Å². The molecular formula is C12H14ClNO4S. The first kappa shape index (κ1) is 14.1. The van der Waals surface area contributed by atoms with Gasteiger partial charge < -0.3 is 10.0 Å². The maximum atomic E-state index is 11.9. The van der Waals surface area contributed by atoms with E-state index in [4.69, 9.17) is 11.6 Å². The molecule has 1 heterocycles. The predicted octanol–water partition coefficient (Wildman–Crippen LogP) is 1.15. The molecule has 1 aromatic carbocycles. The number of phenolic OH excluding ortho intramolecular Hbond substituents is 1. The number of phenols is 1. The van der Waals surface area contributed by atoms with Gasteiger partial charge in [-0.2, -0.15) is 0 Å². The standard InChI is InChI=1S/C12H14ClNO4S/c13-7-12(16)14(9-2-1-3-11(15)6-9)10-4-5-19(17,18)8-10/h1-3,6,10,15H,4-5,7-8H2/t10-/m0/s1. The van der Waals surface area contributed by atoms with E-state index in [-0.39, 0.29) is 29.0 Å². The van der Waals surface area contributed by atoms with Crippen LogP contribution < -0.4 is 4.90 Å². The minimum Gasteiger partial charge on any atom is -0.508 e. The van der Waals surface area contributed by atoms with E-state index in [0.29, 0.717) is 12.1 Å². The highest BCUT2D eigenvalue weighted by atomic mass is 35.5. The fourth-order valence-electron chi connectivity index (χ4n) is 2.24. The van der Waals surface area contributed by atoms with Crippen molar-refractivity contribution in [2.24, 2.45) is 0 Å². The third-order valence-corrected chi connectivity index (χ3v) is 5.04. The van der Waals surface area contributed by atoms with Crippen LogP contribution in [0.3, 0.4) is 0 Å². The molecular weight excluding hydrogens is 290 g/mol. The molecule has 19 heavy (non-hydrogen) atoms. The van der Waals surface area contributed by atoms with Gasteiger partial charge in [0.15, 0.2) is 9.84 Å². The normalized spacial score (nSPS) is 21.2. The van der Waals surface area contributed by atoms with Crippen LogP contribution in [-0.4, -0.2) is 42.9 Å². The lowest BCUT2D eigenvalue weighted by molar-refractivity contribution is -0.116. The van der Waals surface area contributed by atoms with Gasteiger partial charge in [0.2, 0.25) is 5.91 Å². The highest BCUT2D eigenvalue weighted by Gasteiger charge is 2.35. The summed E-state index contributed by atoms with van der Waals surface area (Å²) in [5, 5.41) is 9.47. The smallest absolute Gasteiger partial charge is 0.242 e. The lowest BCUT2D eigenvalue weighted by atomic mass is 10.2. The summed E-state index contributed by atoms with van der Waals surface area (Å²) in [5.74, 6) is -0.569. The Bertz CT molecular complexity index is 587. The number of amides is 1. The topological polar surface area (TPSA) is 74.7 Å². The lowest BCUT2D eigenvalue weighted by Crippen LogP contribution is -2.42. The molecule has 0 unspecified atom stereocenters. The number of anilines is 1. The molecule has 1 amide bonds. The third kappa shape index (κ3) is 3.19. The second-order valence-corrected chi connectivity index (χ2v) is 6.97. The summed E-state index contributed by atoms with van der Waals surface area (Å²) in [5.41, 5.74) is 0.466. The summed E-state index contributed by atoms with van der Waals surface area (Å²) in [6.45, 7) is 0. The van der Waals surface area contributed by atoms with Crippen molar-refractivity contribution < 1.29 is 18.3 Å². The summed E-state index contributed by atoms with van der Waals surface area (Å²) in [4.78, 5) is 13.3. The second-order valence-electron chi connectivity index (χ2n) is 4.47.